The molecule has 2 amide bonds. The van der Waals surface area contributed by atoms with Crippen LogP contribution in [0.4, 0.5) is 10.5 Å². The standard InChI is InChI=1S/C26H26N4O6S3/c1-36-26(32)29-21(15-17-6-3-2-4-7-17)24(31)27-20(22-16-38-25(28-22)23-8-5-13-37-23)14-18-9-11-19(12-10-18)30-39(33,34)35/h2-13,16,20-21,30H,14-15H2,1H3,(H,27,31)(H,29,32)(H,33,34,35)/t20-,21+/m1/s1. The molecule has 0 aliphatic rings. The molecule has 0 aliphatic heterocycles. The van der Waals surface area contributed by atoms with Crippen molar-refractivity contribution in [3.05, 3.63) is 94.3 Å². The molecule has 0 spiro atoms. The molecule has 0 aliphatic carbocycles. The molecule has 13 heteroatoms. The first-order chi connectivity index (χ1) is 18.7. The number of thiophene rings is 1. The highest BCUT2D eigenvalue weighted by Gasteiger charge is 2.26. The Hall–Kier alpha value is -3.78. The summed E-state index contributed by atoms with van der Waals surface area (Å²) in [5.74, 6) is -0.412. The van der Waals surface area contributed by atoms with Crippen LogP contribution >= 0.6 is 22.7 Å². The molecule has 2 heterocycles. The Kier molecular flexibility index (Phi) is 9.30. The molecule has 0 fully saturated rings. The average molecular weight is 587 g/mol. The predicted octanol–water partition coefficient (Wildman–Crippen LogP) is 4.45. The second-order valence-electron chi connectivity index (χ2n) is 8.47. The summed E-state index contributed by atoms with van der Waals surface area (Å²) in [7, 11) is -3.16. The van der Waals surface area contributed by atoms with Gasteiger partial charge in [-0.1, -0.05) is 48.5 Å². The third-order valence-corrected chi connectivity index (χ3v) is 8.04. The molecule has 204 valence electrons. The van der Waals surface area contributed by atoms with Gasteiger partial charge < -0.3 is 15.4 Å². The Morgan fingerprint density at radius 2 is 1.67 bits per heavy atom. The number of hydrogen-bond donors (Lipinski definition) is 4. The van der Waals surface area contributed by atoms with Gasteiger partial charge in [-0.15, -0.1) is 22.7 Å². The number of thiazole rings is 1. The molecular weight excluding hydrogens is 561 g/mol. The quantitative estimate of drug-likeness (QED) is 0.190. The fraction of sp³-hybridized carbons (Fsp3) is 0.192. The molecule has 2 aromatic heterocycles. The minimum atomic E-state index is -4.40. The lowest BCUT2D eigenvalue weighted by molar-refractivity contribution is -0.123. The maximum atomic E-state index is 13.5. The molecule has 0 saturated heterocycles. The van der Waals surface area contributed by atoms with E-state index in [1.165, 1.54) is 30.6 Å². The van der Waals surface area contributed by atoms with Crippen LogP contribution in [0.15, 0.2) is 77.5 Å². The SMILES string of the molecule is COC(=O)N[C@@H](Cc1ccccc1)C(=O)N[C@H](Cc1ccc(NS(=O)(=O)O)cc1)c1csc(-c2cccs2)n1. The van der Waals surface area contributed by atoms with E-state index in [0.717, 1.165) is 21.0 Å². The van der Waals surface area contributed by atoms with Crippen LogP contribution < -0.4 is 15.4 Å². The highest BCUT2D eigenvalue weighted by atomic mass is 32.2. The summed E-state index contributed by atoms with van der Waals surface area (Å²) in [6, 6.07) is 18.2. The van der Waals surface area contributed by atoms with Gasteiger partial charge in [0.1, 0.15) is 11.0 Å². The van der Waals surface area contributed by atoms with Crippen molar-refractivity contribution in [3.8, 4) is 9.88 Å². The van der Waals surface area contributed by atoms with E-state index in [1.807, 2.05) is 57.9 Å². The molecule has 39 heavy (non-hydrogen) atoms. The summed E-state index contributed by atoms with van der Waals surface area (Å²) in [6.45, 7) is 0. The van der Waals surface area contributed by atoms with Gasteiger partial charge in [-0.05, 0) is 41.1 Å². The van der Waals surface area contributed by atoms with E-state index >= 15 is 0 Å². The van der Waals surface area contributed by atoms with Crippen LogP contribution in [0.2, 0.25) is 0 Å². The van der Waals surface area contributed by atoms with Gasteiger partial charge in [-0.2, -0.15) is 8.42 Å². The van der Waals surface area contributed by atoms with Crippen LogP contribution in [0.5, 0.6) is 0 Å². The van der Waals surface area contributed by atoms with E-state index in [2.05, 4.69) is 10.6 Å². The topological polar surface area (TPSA) is 147 Å². The van der Waals surface area contributed by atoms with Gasteiger partial charge >= 0.3 is 16.4 Å². The Morgan fingerprint density at radius 3 is 2.31 bits per heavy atom. The average Bonchev–Trinajstić information content (AvgIpc) is 3.61. The number of carbonyl (C=O) groups excluding carboxylic acids is 2. The van der Waals surface area contributed by atoms with Crippen LogP contribution in [0.3, 0.4) is 0 Å². The minimum Gasteiger partial charge on any atom is -0.453 e. The lowest BCUT2D eigenvalue weighted by Gasteiger charge is -2.23. The van der Waals surface area contributed by atoms with Gasteiger partial charge in [0.05, 0.1) is 29.4 Å². The second-order valence-corrected chi connectivity index (χ2v) is 11.4. The van der Waals surface area contributed by atoms with E-state index in [1.54, 1.807) is 23.5 Å². The first kappa shape index (κ1) is 28.2. The van der Waals surface area contributed by atoms with Gasteiger partial charge in [0.15, 0.2) is 0 Å². The molecule has 0 bridgehead atoms. The van der Waals surface area contributed by atoms with Crippen molar-refractivity contribution in [2.24, 2.45) is 0 Å². The summed E-state index contributed by atoms with van der Waals surface area (Å²) in [5, 5.41) is 10.3. The molecule has 4 N–H and O–H groups in total. The number of carbonyl (C=O) groups is 2. The van der Waals surface area contributed by atoms with E-state index in [-0.39, 0.29) is 12.1 Å². The third kappa shape index (κ3) is 8.35. The first-order valence-electron chi connectivity index (χ1n) is 11.7. The highest BCUT2D eigenvalue weighted by molar-refractivity contribution is 7.87. The number of nitrogens with one attached hydrogen (secondary N) is 3. The van der Waals surface area contributed by atoms with Crippen molar-refractivity contribution < 1.29 is 27.3 Å². The predicted molar refractivity (Wildman–Crippen MR) is 151 cm³/mol. The normalized spacial score (nSPS) is 12.8. The number of amides is 2. The van der Waals surface area contributed by atoms with Gasteiger partial charge in [-0.25, -0.2) is 9.78 Å². The first-order valence-corrected chi connectivity index (χ1v) is 14.9. The van der Waals surface area contributed by atoms with Crippen LogP contribution in [0.1, 0.15) is 22.9 Å². The fourth-order valence-corrected chi connectivity index (χ4v) is 5.94. The van der Waals surface area contributed by atoms with Crippen LogP contribution in [0, 0.1) is 0 Å². The molecule has 0 radical (unpaired) electrons. The minimum absolute atomic E-state index is 0.195. The van der Waals surface area contributed by atoms with Crippen molar-refractivity contribution in [1.82, 2.24) is 15.6 Å². The number of nitrogens with zero attached hydrogens (tertiary/aromatic N) is 1. The number of hydrogen-bond acceptors (Lipinski definition) is 8. The second kappa shape index (κ2) is 12.8. The van der Waals surface area contributed by atoms with Crippen molar-refractivity contribution in [3.63, 3.8) is 0 Å². The van der Waals surface area contributed by atoms with Crippen LogP contribution in [-0.4, -0.2) is 43.1 Å². The van der Waals surface area contributed by atoms with Gasteiger partial charge in [0, 0.05) is 11.8 Å². The molecule has 0 unspecified atom stereocenters. The van der Waals surface area contributed by atoms with E-state index < -0.39 is 34.4 Å². The Morgan fingerprint density at radius 1 is 0.949 bits per heavy atom. The number of rotatable bonds is 11. The number of ether oxygens (including phenoxy) is 1. The summed E-state index contributed by atoms with van der Waals surface area (Å²) in [5.41, 5.74) is 2.49. The lowest BCUT2D eigenvalue weighted by atomic mass is 10.0. The monoisotopic (exact) mass is 586 g/mol. The summed E-state index contributed by atoms with van der Waals surface area (Å²) < 4.78 is 38.0. The maximum Gasteiger partial charge on any atom is 0.407 e. The molecular formula is C26H26N4O6S3. The molecule has 4 rings (SSSR count). The highest BCUT2D eigenvalue weighted by Crippen LogP contribution is 2.31. The summed E-state index contributed by atoms with van der Waals surface area (Å²) in [4.78, 5) is 31.3. The zero-order valence-electron chi connectivity index (χ0n) is 20.7. The molecule has 4 aromatic rings. The van der Waals surface area contributed by atoms with E-state index in [9.17, 15) is 18.0 Å². The molecule has 2 atom stereocenters. The van der Waals surface area contributed by atoms with Crippen LogP contribution in [-0.2, 0) is 32.7 Å². The largest absolute Gasteiger partial charge is 0.453 e. The van der Waals surface area contributed by atoms with Crippen molar-refractivity contribution in [1.29, 1.82) is 0 Å². The number of benzene rings is 2. The third-order valence-electron chi connectivity index (χ3n) is 5.64. The summed E-state index contributed by atoms with van der Waals surface area (Å²) >= 11 is 3.02. The molecule has 0 saturated carbocycles. The molecule has 2 aromatic carbocycles. The Bertz CT molecular complexity index is 1490. The Labute approximate surface area is 234 Å². The number of alkyl carbamates (subject to hydrolysis) is 1. The van der Waals surface area contributed by atoms with E-state index in [4.69, 9.17) is 14.3 Å². The number of anilines is 1. The number of aromatic nitrogens is 1. The van der Waals surface area contributed by atoms with Crippen molar-refractivity contribution in [2.75, 3.05) is 11.8 Å². The van der Waals surface area contributed by atoms with Crippen molar-refractivity contribution in [2.45, 2.75) is 24.9 Å². The van der Waals surface area contributed by atoms with Gasteiger partial charge in [0.25, 0.3) is 0 Å². The van der Waals surface area contributed by atoms with Crippen LogP contribution in [0.25, 0.3) is 9.88 Å². The fourth-order valence-electron chi connectivity index (χ4n) is 3.82. The molecule has 10 nitrogen and oxygen atoms in total. The van der Waals surface area contributed by atoms with Gasteiger partial charge in [0.2, 0.25) is 5.91 Å². The summed E-state index contributed by atoms with van der Waals surface area (Å²) in [6.07, 6.45) is -0.137. The Balaban J connectivity index is 1.59. The van der Waals surface area contributed by atoms with Crippen molar-refractivity contribution >= 4 is 50.7 Å². The van der Waals surface area contributed by atoms with E-state index in [0.29, 0.717) is 12.1 Å². The lowest BCUT2D eigenvalue weighted by Crippen LogP contribution is -2.49. The maximum absolute atomic E-state index is 13.5. The van der Waals surface area contributed by atoms with Gasteiger partial charge in [-0.3, -0.25) is 14.1 Å². The smallest absolute Gasteiger partial charge is 0.407 e. The zero-order valence-corrected chi connectivity index (χ0v) is 23.2. The number of methoxy groups -OCH3 is 1. The zero-order chi connectivity index (χ0) is 27.8.